The van der Waals surface area contributed by atoms with E-state index in [0.717, 1.165) is 5.39 Å². The van der Waals surface area contributed by atoms with Crippen molar-refractivity contribution < 1.29 is 4.39 Å². The first-order valence-electron chi connectivity index (χ1n) is 5.74. The third-order valence-electron chi connectivity index (χ3n) is 3.14. The van der Waals surface area contributed by atoms with Crippen molar-refractivity contribution in [3.8, 4) is 0 Å². The van der Waals surface area contributed by atoms with Crippen LogP contribution in [0.5, 0.6) is 0 Å². The summed E-state index contributed by atoms with van der Waals surface area (Å²) < 4.78 is 14.4. The zero-order valence-electron chi connectivity index (χ0n) is 10.6. The summed E-state index contributed by atoms with van der Waals surface area (Å²) in [5, 5.41) is 7.45. The van der Waals surface area contributed by atoms with Gasteiger partial charge in [0.25, 0.3) is 0 Å². The Morgan fingerprint density at radius 1 is 1.61 bits per heavy atom. The fraction of sp³-hybridized carbons (Fsp3) is 0.308. The van der Waals surface area contributed by atoms with Crippen molar-refractivity contribution in [1.82, 2.24) is 10.2 Å². The van der Waals surface area contributed by atoms with Gasteiger partial charge < -0.3 is 5.73 Å². The Kier molecular flexibility index (Phi) is 3.34. The summed E-state index contributed by atoms with van der Waals surface area (Å²) in [6, 6.07) is 0. The van der Waals surface area contributed by atoms with Gasteiger partial charge in [-0.25, -0.2) is 4.39 Å². The van der Waals surface area contributed by atoms with Crippen molar-refractivity contribution in [2.75, 3.05) is 0 Å². The number of rotatable bonds is 2. The van der Waals surface area contributed by atoms with E-state index in [0.29, 0.717) is 27.9 Å². The average Bonchev–Trinajstić information content (AvgIpc) is 2.77. The van der Waals surface area contributed by atoms with Crippen LogP contribution in [-0.2, 0) is 0 Å². The summed E-state index contributed by atoms with van der Waals surface area (Å²) in [6.45, 7) is 5.39. The number of H-pyrrole nitrogens is 1. The van der Waals surface area contributed by atoms with Crippen LogP contribution in [0.25, 0.3) is 16.6 Å². The molecule has 3 nitrogen and oxygen atoms in total. The zero-order valence-corrected chi connectivity index (χ0v) is 11.5. The number of nitrogens with zero attached hydrogens (tertiary/aromatic N) is 1. The smallest absolute Gasteiger partial charge is 0.133 e. The summed E-state index contributed by atoms with van der Waals surface area (Å²) in [6.07, 6.45) is 3.44. The van der Waals surface area contributed by atoms with Gasteiger partial charge in [-0.15, -0.1) is 0 Å². The molecule has 3 N–H and O–H groups in total. The van der Waals surface area contributed by atoms with Crippen LogP contribution in [-0.4, -0.2) is 10.2 Å². The molecule has 0 aliphatic carbocycles. The lowest BCUT2D eigenvalue weighted by atomic mass is 9.95. The third-order valence-corrected chi connectivity index (χ3v) is 3.39. The highest BCUT2D eigenvalue weighted by Gasteiger charge is 2.21. The summed E-state index contributed by atoms with van der Waals surface area (Å²) in [7, 11) is 0. The molecule has 0 radical (unpaired) electrons. The number of thiol groups is 1. The quantitative estimate of drug-likeness (QED) is 0.730. The highest BCUT2D eigenvalue weighted by atomic mass is 32.1. The van der Waals surface area contributed by atoms with Gasteiger partial charge in [-0.05, 0) is 26.3 Å². The molecule has 96 valence electrons. The molecule has 0 aliphatic rings. The fourth-order valence-electron chi connectivity index (χ4n) is 2.21. The van der Waals surface area contributed by atoms with Crippen molar-refractivity contribution in [2.24, 2.45) is 5.73 Å². The Bertz CT molecular complexity index is 629. The van der Waals surface area contributed by atoms with Crippen LogP contribution in [0.3, 0.4) is 0 Å². The minimum Gasteiger partial charge on any atom is -0.398 e. The minimum absolute atomic E-state index is 0.215. The van der Waals surface area contributed by atoms with Gasteiger partial charge in [0.2, 0.25) is 0 Å². The van der Waals surface area contributed by atoms with Gasteiger partial charge in [0, 0.05) is 27.5 Å². The van der Waals surface area contributed by atoms with Crippen molar-refractivity contribution >= 4 is 29.2 Å². The number of benzene rings is 1. The van der Waals surface area contributed by atoms with Crippen LogP contribution in [0.2, 0.25) is 0 Å². The third kappa shape index (κ3) is 1.79. The zero-order chi connectivity index (χ0) is 13.4. The number of nitrogens with two attached hydrogens (primary N) is 1. The highest BCUT2D eigenvalue weighted by molar-refractivity contribution is 7.80. The van der Waals surface area contributed by atoms with E-state index < -0.39 is 0 Å². The number of allylic oxidation sites excluding steroid dienone is 1. The van der Waals surface area contributed by atoms with Crippen molar-refractivity contribution in [3.63, 3.8) is 0 Å². The van der Waals surface area contributed by atoms with E-state index in [1.807, 2.05) is 13.8 Å². The van der Waals surface area contributed by atoms with Crippen LogP contribution in [0.4, 0.5) is 4.39 Å². The Morgan fingerprint density at radius 3 is 2.83 bits per heavy atom. The van der Waals surface area contributed by atoms with Gasteiger partial charge >= 0.3 is 0 Å². The standard InChI is InChI=1S/C13H16FN3S/c1-4-9(15)10-6(2)12(14)11(7(3)18)13-8(10)5-16-17-13/h4-5,7,18H,15H2,1-3H3,(H,16,17)/b9-4-. The number of hydrogen-bond donors (Lipinski definition) is 3. The average molecular weight is 265 g/mol. The van der Waals surface area contributed by atoms with Crippen molar-refractivity contribution in [1.29, 1.82) is 0 Å². The largest absolute Gasteiger partial charge is 0.398 e. The van der Waals surface area contributed by atoms with Crippen LogP contribution in [0.1, 0.15) is 35.8 Å². The molecule has 1 atom stereocenters. The summed E-state index contributed by atoms with van der Waals surface area (Å²) in [5.41, 5.74) is 8.95. The molecule has 1 heterocycles. The first-order chi connectivity index (χ1) is 8.49. The van der Waals surface area contributed by atoms with Gasteiger partial charge in [0.1, 0.15) is 5.82 Å². The van der Waals surface area contributed by atoms with Crippen molar-refractivity contribution in [2.45, 2.75) is 26.0 Å². The first kappa shape index (κ1) is 13.0. The number of fused-ring (bicyclic) bond motifs is 1. The molecule has 0 bridgehead atoms. The lowest BCUT2D eigenvalue weighted by Crippen LogP contribution is -2.05. The van der Waals surface area contributed by atoms with E-state index in [2.05, 4.69) is 22.8 Å². The van der Waals surface area contributed by atoms with Gasteiger partial charge in [0.05, 0.1) is 11.7 Å². The predicted molar refractivity (Wildman–Crippen MR) is 76.0 cm³/mol. The number of hydrogen-bond acceptors (Lipinski definition) is 3. The van der Waals surface area contributed by atoms with Crippen molar-refractivity contribution in [3.05, 3.63) is 34.8 Å². The molecule has 0 spiro atoms. The second-order valence-electron chi connectivity index (χ2n) is 4.31. The Morgan fingerprint density at radius 2 is 2.28 bits per heavy atom. The number of halogens is 1. The summed E-state index contributed by atoms with van der Waals surface area (Å²) in [4.78, 5) is 0. The number of nitrogens with one attached hydrogen (secondary N) is 1. The monoisotopic (exact) mass is 265 g/mol. The maximum atomic E-state index is 14.4. The molecule has 18 heavy (non-hydrogen) atoms. The molecule has 1 aromatic carbocycles. The molecule has 0 saturated carbocycles. The molecule has 0 amide bonds. The molecular formula is C13H16FN3S. The molecule has 5 heteroatoms. The Hall–Kier alpha value is -1.49. The molecule has 2 aromatic rings. The molecule has 0 fully saturated rings. The fourth-order valence-corrected chi connectivity index (χ4v) is 2.46. The van der Waals surface area contributed by atoms with E-state index in [9.17, 15) is 4.39 Å². The second kappa shape index (κ2) is 4.65. The van der Waals surface area contributed by atoms with E-state index in [1.54, 1.807) is 19.2 Å². The van der Waals surface area contributed by atoms with Crippen LogP contribution >= 0.6 is 12.6 Å². The van der Waals surface area contributed by atoms with E-state index >= 15 is 0 Å². The molecular weight excluding hydrogens is 249 g/mol. The molecule has 1 aromatic heterocycles. The predicted octanol–water partition coefficient (Wildman–Crippen LogP) is 3.32. The van der Waals surface area contributed by atoms with Crippen LogP contribution in [0.15, 0.2) is 12.3 Å². The summed E-state index contributed by atoms with van der Waals surface area (Å²) >= 11 is 4.33. The first-order valence-corrected chi connectivity index (χ1v) is 6.25. The van der Waals surface area contributed by atoms with Gasteiger partial charge in [-0.3, -0.25) is 5.10 Å². The Labute approximate surface area is 111 Å². The molecule has 1 unspecified atom stereocenters. The molecule has 2 rings (SSSR count). The van der Waals surface area contributed by atoms with Crippen LogP contribution < -0.4 is 5.73 Å². The maximum absolute atomic E-state index is 14.4. The SMILES string of the molecule is C/C=C(\N)c1c(C)c(F)c(C(C)S)c2[nH]ncc12. The Balaban J connectivity index is 2.95. The van der Waals surface area contributed by atoms with Gasteiger partial charge in [-0.2, -0.15) is 17.7 Å². The summed E-state index contributed by atoms with van der Waals surface area (Å²) in [5.74, 6) is -0.269. The van der Waals surface area contributed by atoms with E-state index in [1.165, 1.54) is 0 Å². The normalized spacial score (nSPS) is 14.2. The molecule has 0 aliphatic heterocycles. The second-order valence-corrected chi connectivity index (χ2v) is 5.08. The van der Waals surface area contributed by atoms with Gasteiger partial charge in [0.15, 0.2) is 0 Å². The van der Waals surface area contributed by atoms with Gasteiger partial charge in [-0.1, -0.05) is 6.08 Å². The topological polar surface area (TPSA) is 54.7 Å². The van der Waals surface area contributed by atoms with Crippen LogP contribution in [0, 0.1) is 12.7 Å². The lowest BCUT2D eigenvalue weighted by Gasteiger charge is -2.15. The molecule has 0 saturated heterocycles. The highest BCUT2D eigenvalue weighted by Crippen LogP contribution is 2.35. The number of aromatic amines is 1. The maximum Gasteiger partial charge on any atom is 0.133 e. The van der Waals surface area contributed by atoms with E-state index in [-0.39, 0.29) is 11.1 Å². The van der Waals surface area contributed by atoms with E-state index in [4.69, 9.17) is 5.73 Å². The minimum atomic E-state index is -0.269. The lowest BCUT2D eigenvalue weighted by molar-refractivity contribution is 0.604. The number of aromatic nitrogens is 2.